The third kappa shape index (κ3) is 5.56. The molecular formula is C28H32F3N5O3. The van der Waals surface area contributed by atoms with Crippen molar-refractivity contribution < 1.29 is 27.4 Å². The lowest BCUT2D eigenvalue weighted by Gasteiger charge is -2.42. The zero-order chi connectivity index (χ0) is 27.7. The molecule has 0 aliphatic carbocycles. The first-order valence-electron chi connectivity index (χ1n) is 13.1. The minimum atomic E-state index is -2.91. The van der Waals surface area contributed by atoms with Gasteiger partial charge in [0.05, 0.1) is 48.8 Å². The van der Waals surface area contributed by atoms with E-state index < -0.39 is 29.4 Å². The Morgan fingerprint density at radius 2 is 1.95 bits per heavy atom. The number of halogens is 3. The Bertz CT molecular complexity index is 1360. The van der Waals surface area contributed by atoms with Crippen LogP contribution in [0.5, 0.6) is 0 Å². The Morgan fingerprint density at radius 1 is 1.23 bits per heavy atom. The minimum absolute atomic E-state index is 0.0231. The zero-order valence-corrected chi connectivity index (χ0v) is 22.2. The summed E-state index contributed by atoms with van der Waals surface area (Å²) in [7, 11) is 0. The number of pyridine rings is 1. The first-order valence-corrected chi connectivity index (χ1v) is 13.1. The second-order valence-electron chi connectivity index (χ2n) is 10.3. The number of alkyl halides is 2. The highest BCUT2D eigenvalue weighted by atomic mass is 19.3. The lowest BCUT2D eigenvalue weighted by atomic mass is 9.86. The van der Waals surface area contributed by atoms with Crippen molar-refractivity contribution in [2.24, 2.45) is 5.92 Å². The molecule has 2 aromatic heterocycles. The summed E-state index contributed by atoms with van der Waals surface area (Å²) in [5, 5.41) is 3.87. The first kappa shape index (κ1) is 27.3. The van der Waals surface area contributed by atoms with Crippen molar-refractivity contribution in [3.05, 3.63) is 58.9 Å². The highest BCUT2D eigenvalue weighted by Gasteiger charge is 2.40. The summed E-state index contributed by atoms with van der Waals surface area (Å²) in [5.41, 5.74) is 0.0649. The number of benzene rings is 1. The van der Waals surface area contributed by atoms with Crippen molar-refractivity contribution in [3.63, 3.8) is 0 Å². The Morgan fingerprint density at radius 3 is 2.59 bits per heavy atom. The van der Waals surface area contributed by atoms with Gasteiger partial charge in [-0.1, -0.05) is 18.2 Å². The number of aromatic nitrogens is 3. The molecule has 1 aromatic carbocycles. The summed E-state index contributed by atoms with van der Waals surface area (Å²) in [6, 6.07) is 5.23. The van der Waals surface area contributed by atoms with Crippen LogP contribution in [-0.2, 0) is 19.9 Å². The smallest absolute Gasteiger partial charge is 0.266 e. The molecular weight excluding hydrogens is 511 g/mol. The van der Waals surface area contributed by atoms with Crippen molar-refractivity contribution in [2.45, 2.75) is 51.7 Å². The van der Waals surface area contributed by atoms with E-state index in [1.807, 2.05) is 6.07 Å². The number of anilines is 1. The molecule has 1 amide bonds. The highest BCUT2D eigenvalue weighted by Crippen LogP contribution is 2.39. The summed E-state index contributed by atoms with van der Waals surface area (Å²) < 4.78 is 53.3. The number of carbonyl (C=O) groups is 1. The summed E-state index contributed by atoms with van der Waals surface area (Å²) in [6.07, 6.45) is -0.0842. The monoisotopic (exact) mass is 543 g/mol. The predicted octanol–water partition coefficient (Wildman–Crippen LogP) is 5.08. The maximum atomic E-state index is 14.9. The Kier molecular flexibility index (Phi) is 7.73. The number of nitrogens with zero attached hydrogens (tertiary/aromatic N) is 4. The van der Waals surface area contributed by atoms with Gasteiger partial charge in [0, 0.05) is 36.9 Å². The number of carbonyl (C=O) groups excluding carboxylic acids is 1. The van der Waals surface area contributed by atoms with E-state index in [-0.39, 0.29) is 11.5 Å². The van der Waals surface area contributed by atoms with E-state index in [4.69, 9.17) is 14.5 Å². The Hall–Kier alpha value is -3.31. The van der Waals surface area contributed by atoms with Crippen LogP contribution < -0.4 is 5.32 Å². The predicted molar refractivity (Wildman–Crippen MR) is 139 cm³/mol. The number of nitrogens with one attached hydrogen (secondary N) is 1. The van der Waals surface area contributed by atoms with E-state index in [2.05, 4.69) is 15.3 Å². The molecule has 2 aliphatic heterocycles. The fraction of sp³-hybridized carbons (Fsp3) is 0.500. The standard InChI is InChI=1S/C28H32F3N5O3/c1-16(20-5-4-6-21(25(20)29)26(30)31)33-27-22-11-24(32-12-23(22)34-17(2)35-27)28(39-15-19-13-38-14-19)7-9-36(10-8-28)18(3)37/h4-6,11-12,16,19,26H,7-10,13-15H2,1-3H3,(H,33,34,35). The van der Waals surface area contributed by atoms with E-state index in [1.165, 1.54) is 12.1 Å². The van der Waals surface area contributed by atoms with Gasteiger partial charge in [0.2, 0.25) is 5.91 Å². The van der Waals surface area contributed by atoms with E-state index in [9.17, 15) is 18.0 Å². The average molecular weight is 544 g/mol. The second kappa shape index (κ2) is 11.1. The topological polar surface area (TPSA) is 89.5 Å². The number of rotatable bonds is 8. The van der Waals surface area contributed by atoms with Crippen LogP contribution in [0.1, 0.15) is 61.8 Å². The minimum Gasteiger partial charge on any atom is -0.381 e. The SMILES string of the molecule is CC(=O)N1CCC(OCC2COC2)(c2cc3c(NC(C)c4cccc(C(F)F)c4F)nc(C)nc3cn2)CC1. The van der Waals surface area contributed by atoms with Gasteiger partial charge in [-0.25, -0.2) is 23.1 Å². The fourth-order valence-electron chi connectivity index (χ4n) is 5.18. The van der Waals surface area contributed by atoms with Crippen molar-refractivity contribution in [1.82, 2.24) is 19.9 Å². The van der Waals surface area contributed by atoms with Gasteiger partial charge in [0.25, 0.3) is 6.43 Å². The molecule has 0 bridgehead atoms. The van der Waals surface area contributed by atoms with Crippen molar-refractivity contribution in [2.75, 3.05) is 38.2 Å². The molecule has 5 rings (SSSR count). The number of aryl methyl sites for hydroxylation is 1. The van der Waals surface area contributed by atoms with Gasteiger partial charge in [0.15, 0.2) is 0 Å². The molecule has 2 aliphatic rings. The van der Waals surface area contributed by atoms with E-state index in [0.29, 0.717) is 79.9 Å². The van der Waals surface area contributed by atoms with E-state index >= 15 is 0 Å². The fourth-order valence-corrected chi connectivity index (χ4v) is 5.18. The lowest BCUT2D eigenvalue weighted by Crippen LogP contribution is -2.47. The molecule has 1 atom stereocenters. The van der Waals surface area contributed by atoms with Crippen LogP contribution in [0.4, 0.5) is 19.0 Å². The summed E-state index contributed by atoms with van der Waals surface area (Å²) >= 11 is 0. The van der Waals surface area contributed by atoms with Crippen LogP contribution in [0.25, 0.3) is 10.9 Å². The van der Waals surface area contributed by atoms with Gasteiger partial charge in [0.1, 0.15) is 23.1 Å². The summed E-state index contributed by atoms with van der Waals surface area (Å²) in [4.78, 5) is 27.6. The number of hydrogen-bond acceptors (Lipinski definition) is 7. The molecule has 1 N–H and O–H groups in total. The average Bonchev–Trinajstić information content (AvgIpc) is 2.87. The molecule has 8 nitrogen and oxygen atoms in total. The molecule has 0 radical (unpaired) electrons. The molecule has 0 spiro atoms. The second-order valence-corrected chi connectivity index (χ2v) is 10.3. The maximum absolute atomic E-state index is 14.9. The molecule has 39 heavy (non-hydrogen) atoms. The van der Waals surface area contributed by atoms with Crippen LogP contribution >= 0.6 is 0 Å². The van der Waals surface area contributed by atoms with Gasteiger partial charge in [-0.2, -0.15) is 0 Å². The van der Waals surface area contributed by atoms with Crippen LogP contribution in [0.15, 0.2) is 30.5 Å². The number of piperidine rings is 1. The van der Waals surface area contributed by atoms with Crippen LogP contribution in [0.3, 0.4) is 0 Å². The van der Waals surface area contributed by atoms with Crippen LogP contribution in [0, 0.1) is 18.7 Å². The molecule has 1 unspecified atom stereocenters. The zero-order valence-electron chi connectivity index (χ0n) is 22.2. The van der Waals surface area contributed by atoms with Crippen molar-refractivity contribution in [3.8, 4) is 0 Å². The number of ether oxygens (including phenoxy) is 2. The van der Waals surface area contributed by atoms with Crippen molar-refractivity contribution >= 4 is 22.6 Å². The van der Waals surface area contributed by atoms with E-state index in [1.54, 1.807) is 31.9 Å². The number of likely N-dealkylation sites (tertiary alicyclic amines) is 1. The normalized spacial score (nSPS) is 18.3. The Balaban J connectivity index is 1.50. The summed E-state index contributed by atoms with van der Waals surface area (Å²) in [6.45, 7) is 7.92. The largest absolute Gasteiger partial charge is 0.381 e. The molecule has 208 valence electrons. The molecule has 3 aromatic rings. The molecule has 0 saturated carbocycles. The van der Waals surface area contributed by atoms with Gasteiger partial charge < -0.3 is 19.7 Å². The number of fused-ring (bicyclic) bond motifs is 1. The summed E-state index contributed by atoms with van der Waals surface area (Å²) in [5.74, 6) is 0.332. The molecule has 2 fully saturated rings. The third-order valence-electron chi connectivity index (χ3n) is 7.59. The van der Waals surface area contributed by atoms with Gasteiger partial charge in [-0.15, -0.1) is 0 Å². The van der Waals surface area contributed by atoms with Gasteiger partial charge >= 0.3 is 0 Å². The molecule has 4 heterocycles. The highest BCUT2D eigenvalue weighted by molar-refractivity contribution is 5.89. The first-order chi connectivity index (χ1) is 18.7. The van der Waals surface area contributed by atoms with Crippen molar-refractivity contribution in [1.29, 1.82) is 0 Å². The number of amides is 1. The van der Waals surface area contributed by atoms with Gasteiger partial charge in [-0.05, 0) is 32.8 Å². The third-order valence-corrected chi connectivity index (χ3v) is 7.59. The molecule has 2 saturated heterocycles. The van der Waals surface area contributed by atoms with Crippen LogP contribution in [-0.4, -0.2) is 58.7 Å². The maximum Gasteiger partial charge on any atom is 0.266 e. The van der Waals surface area contributed by atoms with Crippen LogP contribution in [0.2, 0.25) is 0 Å². The number of hydrogen-bond donors (Lipinski definition) is 1. The Labute approximate surface area is 224 Å². The lowest BCUT2D eigenvalue weighted by molar-refractivity contribution is -0.152. The van der Waals surface area contributed by atoms with Gasteiger partial charge in [-0.3, -0.25) is 9.78 Å². The van der Waals surface area contributed by atoms with E-state index in [0.717, 1.165) is 6.07 Å². The quantitative estimate of drug-likeness (QED) is 0.424. The molecule has 11 heteroatoms.